The zero-order valence-electron chi connectivity index (χ0n) is 14.2. The minimum atomic E-state index is -0.373. The number of esters is 1. The molecule has 0 saturated carbocycles. The molecule has 0 amide bonds. The summed E-state index contributed by atoms with van der Waals surface area (Å²) in [5.41, 5.74) is 2.85. The first-order valence-corrected chi connectivity index (χ1v) is 8.09. The average Bonchev–Trinajstić information content (AvgIpc) is 2.66. The van der Waals surface area contributed by atoms with Crippen LogP contribution in [0.2, 0.25) is 0 Å². The van der Waals surface area contributed by atoms with Crippen LogP contribution in [-0.4, -0.2) is 24.7 Å². The summed E-state index contributed by atoms with van der Waals surface area (Å²) in [6.07, 6.45) is 6.82. The Labute approximate surface area is 146 Å². The first-order valence-electron chi connectivity index (χ1n) is 8.09. The van der Waals surface area contributed by atoms with Crippen molar-refractivity contribution < 1.29 is 14.3 Å². The van der Waals surface area contributed by atoms with Crippen LogP contribution in [-0.2, 0) is 9.53 Å². The van der Waals surface area contributed by atoms with E-state index in [0.717, 1.165) is 27.5 Å². The monoisotopic (exact) mass is 333 g/mol. The van der Waals surface area contributed by atoms with Crippen LogP contribution >= 0.6 is 0 Å². The molecule has 0 bridgehead atoms. The molecule has 1 aromatic heterocycles. The molecule has 3 aromatic rings. The maximum Gasteiger partial charge on any atom is 0.330 e. The van der Waals surface area contributed by atoms with Crippen molar-refractivity contribution in [1.82, 2.24) is 4.98 Å². The molecule has 0 radical (unpaired) electrons. The van der Waals surface area contributed by atoms with Crippen LogP contribution in [0.1, 0.15) is 12.5 Å². The number of methoxy groups -OCH3 is 1. The van der Waals surface area contributed by atoms with E-state index < -0.39 is 0 Å². The van der Waals surface area contributed by atoms with Gasteiger partial charge in [0.1, 0.15) is 5.75 Å². The fraction of sp³-hybridized carbons (Fsp3) is 0.143. The van der Waals surface area contributed by atoms with E-state index in [0.29, 0.717) is 12.4 Å². The molecule has 126 valence electrons. The van der Waals surface area contributed by atoms with Crippen molar-refractivity contribution in [1.29, 1.82) is 0 Å². The third-order valence-electron chi connectivity index (χ3n) is 3.89. The summed E-state index contributed by atoms with van der Waals surface area (Å²) >= 11 is 0. The summed E-state index contributed by atoms with van der Waals surface area (Å²) in [4.78, 5) is 15.9. The maximum atomic E-state index is 11.6. The van der Waals surface area contributed by atoms with Crippen molar-refractivity contribution in [3.05, 3.63) is 66.5 Å². The molecule has 1 heterocycles. The van der Waals surface area contributed by atoms with E-state index in [1.54, 1.807) is 20.1 Å². The highest BCUT2D eigenvalue weighted by Gasteiger charge is 2.08. The number of pyridine rings is 1. The van der Waals surface area contributed by atoms with Gasteiger partial charge in [-0.2, -0.15) is 0 Å². The van der Waals surface area contributed by atoms with E-state index >= 15 is 0 Å². The number of hydrogen-bond donors (Lipinski definition) is 0. The number of nitrogens with zero attached hydrogens (tertiary/aromatic N) is 1. The van der Waals surface area contributed by atoms with E-state index in [-0.39, 0.29) is 5.97 Å². The zero-order valence-corrected chi connectivity index (χ0v) is 14.2. The molecule has 0 aliphatic heterocycles. The quantitative estimate of drug-likeness (QED) is 0.510. The first-order chi connectivity index (χ1) is 12.2. The fourth-order valence-electron chi connectivity index (χ4n) is 2.73. The molecule has 2 aromatic carbocycles. The van der Waals surface area contributed by atoms with Crippen molar-refractivity contribution in [2.75, 3.05) is 13.7 Å². The Morgan fingerprint density at radius 2 is 2.00 bits per heavy atom. The molecule has 0 atom stereocenters. The van der Waals surface area contributed by atoms with Gasteiger partial charge in [0.05, 0.1) is 13.7 Å². The lowest BCUT2D eigenvalue weighted by atomic mass is 9.99. The average molecular weight is 333 g/mol. The first kappa shape index (κ1) is 16.7. The van der Waals surface area contributed by atoms with Crippen LogP contribution in [0.15, 0.2) is 60.9 Å². The van der Waals surface area contributed by atoms with Crippen LogP contribution in [0.5, 0.6) is 5.75 Å². The van der Waals surface area contributed by atoms with Gasteiger partial charge < -0.3 is 9.47 Å². The van der Waals surface area contributed by atoms with Gasteiger partial charge in [0.2, 0.25) is 0 Å². The third-order valence-corrected chi connectivity index (χ3v) is 3.89. The predicted molar refractivity (Wildman–Crippen MR) is 99.4 cm³/mol. The number of aromatic nitrogens is 1. The Kier molecular flexibility index (Phi) is 5.09. The molecule has 4 heteroatoms. The number of hydrogen-bond acceptors (Lipinski definition) is 4. The van der Waals surface area contributed by atoms with Crippen LogP contribution in [0, 0.1) is 0 Å². The Balaban J connectivity index is 2.05. The molecule has 0 saturated heterocycles. The van der Waals surface area contributed by atoms with Gasteiger partial charge in [-0.3, -0.25) is 4.98 Å². The van der Waals surface area contributed by atoms with Gasteiger partial charge in [-0.25, -0.2) is 4.79 Å². The SMILES string of the molecule is CCOC(=O)/C=C/c1cc(-c2cncc3ccccc23)ccc1OC. The number of ether oxygens (including phenoxy) is 2. The molecule has 0 aliphatic rings. The molecular formula is C21H19NO3. The summed E-state index contributed by atoms with van der Waals surface area (Å²) in [5, 5.41) is 2.21. The van der Waals surface area contributed by atoms with Crippen molar-refractivity contribution in [2.45, 2.75) is 6.92 Å². The zero-order chi connectivity index (χ0) is 17.6. The lowest BCUT2D eigenvalue weighted by molar-refractivity contribution is -0.137. The molecule has 3 rings (SSSR count). The lowest BCUT2D eigenvalue weighted by Crippen LogP contribution is -1.99. The van der Waals surface area contributed by atoms with Gasteiger partial charge in [-0.1, -0.05) is 30.3 Å². The number of benzene rings is 2. The van der Waals surface area contributed by atoms with Crippen molar-refractivity contribution in [3.8, 4) is 16.9 Å². The number of rotatable bonds is 5. The van der Waals surface area contributed by atoms with Crippen LogP contribution in [0.25, 0.3) is 28.0 Å². The Morgan fingerprint density at radius 1 is 1.16 bits per heavy atom. The second-order valence-electron chi connectivity index (χ2n) is 5.45. The Bertz CT molecular complexity index is 926. The molecule has 4 nitrogen and oxygen atoms in total. The highest BCUT2D eigenvalue weighted by Crippen LogP contribution is 2.31. The lowest BCUT2D eigenvalue weighted by Gasteiger charge is -2.10. The van der Waals surface area contributed by atoms with Gasteiger partial charge >= 0.3 is 5.97 Å². The molecule has 0 unspecified atom stereocenters. The number of carbonyl (C=O) groups is 1. The van der Waals surface area contributed by atoms with Crippen LogP contribution in [0.3, 0.4) is 0 Å². The summed E-state index contributed by atoms with van der Waals surface area (Å²) in [5.74, 6) is 0.319. The Morgan fingerprint density at radius 3 is 2.80 bits per heavy atom. The molecule has 0 aliphatic carbocycles. The van der Waals surface area contributed by atoms with Crippen molar-refractivity contribution in [2.24, 2.45) is 0 Å². The Hall–Kier alpha value is -3.14. The topological polar surface area (TPSA) is 48.4 Å². The largest absolute Gasteiger partial charge is 0.496 e. The molecule has 0 spiro atoms. The minimum Gasteiger partial charge on any atom is -0.496 e. The number of fused-ring (bicyclic) bond motifs is 1. The second kappa shape index (κ2) is 7.62. The van der Waals surface area contributed by atoms with Gasteiger partial charge in [-0.05, 0) is 36.1 Å². The van der Waals surface area contributed by atoms with Crippen LogP contribution in [0.4, 0.5) is 0 Å². The normalized spacial score (nSPS) is 11.0. The molecule has 0 N–H and O–H groups in total. The fourth-order valence-corrected chi connectivity index (χ4v) is 2.73. The maximum absolute atomic E-state index is 11.6. The predicted octanol–water partition coefficient (Wildman–Crippen LogP) is 4.49. The second-order valence-corrected chi connectivity index (χ2v) is 5.45. The van der Waals surface area contributed by atoms with Gasteiger partial charge in [-0.15, -0.1) is 0 Å². The molecular weight excluding hydrogens is 314 g/mol. The standard InChI is InChI=1S/C21H19NO3/c1-3-25-21(23)11-9-16-12-15(8-10-20(16)24-2)19-14-22-13-17-6-4-5-7-18(17)19/h4-14H,3H2,1-2H3/b11-9+. The van der Waals surface area contributed by atoms with Crippen LogP contribution < -0.4 is 4.74 Å². The van der Waals surface area contributed by atoms with E-state index in [1.165, 1.54) is 6.08 Å². The minimum absolute atomic E-state index is 0.349. The van der Waals surface area contributed by atoms with E-state index in [2.05, 4.69) is 11.1 Å². The van der Waals surface area contributed by atoms with E-state index in [9.17, 15) is 4.79 Å². The smallest absolute Gasteiger partial charge is 0.330 e. The third kappa shape index (κ3) is 3.69. The van der Waals surface area contributed by atoms with Crippen molar-refractivity contribution >= 4 is 22.8 Å². The highest BCUT2D eigenvalue weighted by molar-refractivity contribution is 5.96. The summed E-state index contributed by atoms with van der Waals surface area (Å²) in [6, 6.07) is 14.0. The summed E-state index contributed by atoms with van der Waals surface area (Å²) in [7, 11) is 1.61. The van der Waals surface area contributed by atoms with Crippen molar-refractivity contribution in [3.63, 3.8) is 0 Å². The van der Waals surface area contributed by atoms with Gasteiger partial charge in [0.25, 0.3) is 0 Å². The highest BCUT2D eigenvalue weighted by atomic mass is 16.5. The summed E-state index contributed by atoms with van der Waals surface area (Å²) in [6.45, 7) is 2.13. The number of carbonyl (C=O) groups excluding carboxylic acids is 1. The molecule has 0 fully saturated rings. The molecule has 25 heavy (non-hydrogen) atoms. The van der Waals surface area contributed by atoms with Gasteiger partial charge in [0, 0.05) is 35.0 Å². The van der Waals surface area contributed by atoms with E-state index in [4.69, 9.17) is 9.47 Å². The van der Waals surface area contributed by atoms with E-state index in [1.807, 2.05) is 48.8 Å². The van der Waals surface area contributed by atoms with Gasteiger partial charge in [0.15, 0.2) is 0 Å². The summed E-state index contributed by atoms with van der Waals surface area (Å²) < 4.78 is 10.3.